The molecule has 0 saturated carbocycles. The van der Waals surface area contributed by atoms with Crippen LogP contribution >= 0.6 is 0 Å². The highest BCUT2D eigenvalue weighted by Gasteiger charge is 2.25. The van der Waals surface area contributed by atoms with Gasteiger partial charge in [0.25, 0.3) is 5.91 Å². The van der Waals surface area contributed by atoms with E-state index in [0.29, 0.717) is 57.1 Å². The number of carbonyl (C=O) groups is 1. The molecule has 1 saturated heterocycles. The topological polar surface area (TPSA) is 110 Å². The zero-order chi connectivity index (χ0) is 25.9. The summed E-state index contributed by atoms with van der Waals surface area (Å²) in [6.45, 7) is 5.27. The van der Waals surface area contributed by atoms with Gasteiger partial charge >= 0.3 is 11.8 Å². The highest BCUT2D eigenvalue weighted by atomic mass is 19.1. The second-order valence-corrected chi connectivity index (χ2v) is 9.26. The van der Waals surface area contributed by atoms with Crippen LogP contribution in [0.15, 0.2) is 42.6 Å². The van der Waals surface area contributed by atoms with Crippen LogP contribution in [0.5, 0.6) is 6.01 Å². The van der Waals surface area contributed by atoms with E-state index < -0.39 is 10.7 Å². The number of carbonyl (C=O) groups excluding carboxylic acids is 1. The van der Waals surface area contributed by atoms with Crippen molar-refractivity contribution < 1.29 is 18.8 Å². The monoisotopic (exact) mass is 509 g/mol. The van der Waals surface area contributed by atoms with Gasteiger partial charge in [-0.15, -0.1) is 0 Å². The second-order valence-electron chi connectivity index (χ2n) is 9.26. The molecule has 2 aromatic heterocycles. The Morgan fingerprint density at radius 3 is 2.68 bits per heavy atom. The molecular weight excluding hydrogens is 481 g/mol. The van der Waals surface area contributed by atoms with Crippen molar-refractivity contribution in [3.05, 3.63) is 69.8 Å². The van der Waals surface area contributed by atoms with Crippen LogP contribution in [0.4, 0.5) is 10.2 Å². The molecule has 11 nitrogen and oxygen atoms in total. The van der Waals surface area contributed by atoms with E-state index in [0.717, 1.165) is 18.8 Å². The van der Waals surface area contributed by atoms with Gasteiger partial charge in [0.15, 0.2) is 0 Å². The fourth-order valence-corrected chi connectivity index (χ4v) is 4.52. The van der Waals surface area contributed by atoms with E-state index in [9.17, 15) is 19.3 Å². The van der Waals surface area contributed by atoms with Crippen LogP contribution in [0, 0.1) is 15.9 Å². The molecule has 0 bridgehead atoms. The number of fused-ring (bicyclic) bond motifs is 1. The first-order chi connectivity index (χ1) is 17.9. The molecule has 5 rings (SSSR count). The maximum Gasteiger partial charge on any atom is 0.414 e. The first-order valence-corrected chi connectivity index (χ1v) is 12.2. The Bertz CT molecular complexity index is 1310. The minimum Gasteiger partial charge on any atom is -0.444 e. The molecule has 3 aromatic rings. The van der Waals surface area contributed by atoms with Gasteiger partial charge in [0.2, 0.25) is 0 Å². The number of benzene rings is 1. The lowest BCUT2D eigenvalue weighted by Gasteiger charge is -2.32. The summed E-state index contributed by atoms with van der Waals surface area (Å²) in [6.07, 6.45) is 1.38. The zero-order valence-corrected chi connectivity index (χ0v) is 20.5. The average molecular weight is 510 g/mol. The van der Waals surface area contributed by atoms with E-state index in [1.54, 1.807) is 21.6 Å². The Morgan fingerprint density at radius 2 is 1.89 bits per heavy atom. The summed E-state index contributed by atoms with van der Waals surface area (Å²) < 4.78 is 21.9. The minimum absolute atomic E-state index is 0.0559. The van der Waals surface area contributed by atoms with E-state index in [1.165, 1.54) is 12.3 Å². The van der Waals surface area contributed by atoms with Crippen molar-refractivity contribution in [1.29, 1.82) is 0 Å². The lowest BCUT2D eigenvalue weighted by Crippen LogP contribution is -2.47. The van der Waals surface area contributed by atoms with E-state index in [-0.39, 0.29) is 23.3 Å². The van der Waals surface area contributed by atoms with Gasteiger partial charge in [0.1, 0.15) is 18.6 Å². The predicted molar refractivity (Wildman–Crippen MR) is 133 cm³/mol. The largest absolute Gasteiger partial charge is 0.444 e. The standard InChI is InChI=1S/C25H28FN7O4/c1-29-7-10-31(11-8-29)24(34)20-15-18(5-6-21(20)26)22-4-2-3-19(27-22)16-30-9-12-32-17-23(33(35)36)28-25(32)37-14-13-30/h2-6,15,17H,7-14,16H2,1H3. The number of piperazine rings is 1. The number of hydrogen-bond donors (Lipinski definition) is 0. The van der Waals surface area contributed by atoms with Gasteiger partial charge in [-0.1, -0.05) is 6.07 Å². The van der Waals surface area contributed by atoms with E-state index in [2.05, 4.69) is 14.8 Å². The van der Waals surface area contributed by atoms with Gasteiger partial charge in [-0.05, 0) is 42.3 Å². The number of amides is 1. The molecule has 0 aliphatic carbocycles. The summed E-state index contributed by atoms with van der Waals surface area (Å²) >= 11 is 0. The normalized spacial score (nSPS) is 17.0. The van der Waals surface area contributed by atoms with Crippen molar-refractivity contribution in [2.24, 2.45) is 0 Å². The molecule has 0 unspecified atom stereocenters. The summed E-state index contributed by atoms with van der Waals surface area (Å²) in [5.74, 6) is -1.07. The van der Waals surface area contributed by atoms with Gasteiger partial charge in [0.05, 0.1) is 17.0 Å². The molecule has 0 N–H and O–H groups in total. The number of rotatable bonds is 5. The molecule has 0 radical (unpaired) electrons. The van der Waals surface area contributed by atoms with Gasteiger partial charge in [-0.3, -0.25) is 19.2 Å². The lowest BCUT2D eigenvalue weighted by atomic mass is 10.1. The Morgan fingerprint density at radius 1 is 1.08 bits per heavy atom. The van der Waals surface area contributed by atoms with Crippen molar-refractivity contribution in [2.45, 2.75) is 13.1 Å². The first kappa shape index (κ1) is 24.8. The Kier molecular flexibility index (Phi) is 7.10. The zero-order valence-electron chi connectivity index (χ0n) is 20.5. The van der Waals surface area contributed by atoms with Gasteiger partial charge in [0, 0.05) is 62.9 Å². The molecule has 1 amide bonds. The number of likely N-dealkylation sites (N-methyl/N-ethyl adjacent to an activating group) is 1. The number of pyridine rings is 1. The molecule has 4 heterocycles. The van der Waals surface area contributed by atoms with Gasteiger partial charge < -0.3 is 24.7 Å². The summed E-state index contributed by atoms with van der Waals surface area (Å²) in [5.41, 5.74) is 2.19. The molecule has 12 heteroatoms. The highest BCUT2D eigenvalue weighted by molar-refractivity contribution is 5.95. The summed E-state index contributed by atoms with van der Waals surface area (Å²) in [4.78, 5) is 38.2. The van der Waals surface area contributed by atoms with Crippen molar-refractivity contribution in [3.63, 3.8) is 0 Å². The summed E-state index contributed by atoms with van der Waals surface area (Å²) in [6, 6.07) is 10.4. The van der Waals surface area contributed by atoms with Crippen molar-refractivity contribution in [1.82, 2.24) is 29.2 Å². The Balaban J connectivity index is 1.29. The Hall–Kier alpha value is -3.90. The fourth-order valence-electron chi connectivity index (χ4n) is 4.52. The quantitative estimate of drug-likeness (QED) is 0.381. The van der Waals surface area contributed by atoms with Crippen molar-refractivity contribution in [2.75, 3.05) is 52.9 Å². The second kappa shape index (κ2) is 10.6. The number of nitro groups is 1. The third-order valence-corrected chi connectivity index (χ3v) is 6.69. The third-order valence-electron chi connectivity index (χ3n) is 6.69. The lowest BCUT2D eigenvalue weighted by molar-refractivity contribution is -0.389. The molecule has 1 aromatic carbocycles. The molecule has 2 aliphatic heterocycles. The number of hydrogen-bond acceptors (Lipinski definition) is 8. The molecule has 0 spiro atoms. The maximum absolute atomic E-state index is 14.6. The van der Waals surface area contributed by atoms with Crippen LogP contribution in [0.3, 0.4) is 0 Å². The van der Waals surface area contributed by atoms with Crippen LogP contribution in [-0.2, 0) is 13.1 Å². The van der Waals surface area contributed by atoms with E-state index in [4.69, 9.17) is 9.72 Å². The average Bonchev–Trinajstić information content (AvgIpc) is 3.29. The van der Waals surface area contributed by atoms with E-state index in [1.807, 2.05) is 25.2 Å². The predicted octanol–water partition coefficient (Wildman–Crippen LogP) is 2.27. The maximum atomic E-state index is 14.6. The minimum atomic E-state index is -0.538. The molecule has 194 valence electrons. The summed E-state index contributed by atoms with van der Waals surface area (Å²) in [7, 11) is 2.00. The highest BCUT2D eigenvalue weighted by Crippen LogP contribution is 2.23. The number of ether oxygens (including phenoxy) is 1. The third kappa shape index (κ3) is 5.59. The van der Waals surface area contributed by atoms with Crippen molar-refractivity contribution in [3.8, 4) is 17.3 Å². The van der Waals surface area contributed by atoms with Crippen LogP contribution < -0.4 is 4.74 Å². The Labute approximate surface area is 213 Å². The van der Waals surface area contributed by atoms with Crippen LogP contribution in [0.1, 0.15) is 16.1 Å². The molecule has 0 atom stereocenters. The SMILES string of the molecule is CN1CCN(C(=O)c2cc(-c3cccc(CN4CCOc5nc([N+](=O)[O-])cn5CC4)n3)ccc2F)CC1. The number of halogens is 1. The number of aromatic nitrogens is 3. The fraction of sp³-hybridized carbons (Fsp3) is 0.400. The molecule has 1 fully saturated rings. The van der Waals surface area contributed by atoms with Crippen LogP contribution in [0.2, 0.25) is 0 Å². The number of imidazole rings is 1. The smallest absolute Gasteiger partial charge is 0.414 e. The summed E-state index contributed by atoms with van der Waals surface area (Å²) in [5, 5.41) is 11.0. The van der Waals surface area contributed by atoms with Gasteiger partial charge in [-0.2, -0.15) is 0 Å². The van der Waals surface area contributed by atoms with E-state index >= 15 is 0 Å². The molecule has 37 heavy (non-hydrogen) atoms. The van der Waals surface area contributed by atoms with Crippen LogP contribution in [-0.4, -0.2) is 93.0 Å². The van der Waals surface area contributed by atoms with Gasteiger partial charge in [-0.25, -0.2) is 4.39 Å². The molecular formula is C25H28FN7O4. The van der Waals surface area contributed by atoms with Crippen molar-refractivity contribution >= 4 is 11.7 Å². The van der Waals surface area contributed by atoms with Crippen LogP contribution in [0.25, 0.3) is 11.3 Å². The number of nitrogens with zero attached hydrogens (tertiary/aromatic N) is 7. The molecule has 2 aliphatic rings. The first-order valence-electron chi connectivity index (χ1n) is 12.2.